The fourth-order valence-electron chi connectivity index (χ4n) is 3.18. The van der Waals surface area contributed by atoms with E-state index in [1.54, 1.807) is 7.11 Å². The van der Waals surface area contributed by atoms with Gasteiger partial charge in [0.05, 0.1) is 13.2 Å². The number of hydrogen-bond donors (Lipinski definition) is 1. The van der Waals surface area contributed by atoms with E-state index >= 15 is 0 Å². The van der Waals surface area contributed by atoms with Crippen molar-refractivity contribution in [3.8, 4) is 11.8 Å². The third kappa shape index (κ3) is 3.19. The molecule has 0 fully saturated rings. The average Bonchev–Trinajstić information content (AvgIpc) is 2.61. The van der Waals surface area contributed by atoms with Crippen LogP contribution < -0.4 is 10.1 Å². The first-order valence-corrected chi connectivity index (χ1v) is 8.10. The summed E-state index contributed by atoms with van der Waals surface area (Å²) in [6.07, 6.45) is 2.14. The lowest BCUT2D eigenvalue weighted by Crippen LogP contribution is -2.48. The van der Waals surface area contributed by atoms with Crippen LogP contribution in [0.25, 0.3) is 0 Å². The molecule has 2 aromatic rings. The molecule has 1 atom stereocenters. The third-order valence-corrected chi connectivity index (χ3v) is 4.87. The van der Waals surface area contributed by atoms with Crippen LogP contribution >= 0.6 is 11.6 Å². The number of halogens is 1. The van der Waals surface area contributed by atoms with E-state index in [0.29, 0.717) is 18.0 Å². The molecule has 0 saturated carbocycles. The fourth-order valence-corrected chi connectivity index (χ4v) is 3.42. The molecule has 0 aliphatic heterocycles. The zero-order valence-corrected chi connectivity index (χ0v) is 13.9. The highest BCUT2D eigenvalue weighted by Crippen LogP contribution is 2.38. The molecule has 0 radical (unpaired) electrons. The number of nitriles is 1. The van der Waals surface area contributed by atoms with Gasteiger partial charge in [0.15, 0.2) is 0 Å². The van der Waals surface area contributed by atoms with E-state index in [2.05, 4.69) is 23.5 Å². The zero-order chi connectivity index (χ0) is 16.3. The largest absolute Gasteiger partial charge is 0.496 e. The van der Waals surface area contributed by atoms with Gasteiger partial charge in [-0.1, -0.05) is 41.9 Å². The minimum absolute atomic E-state index is 0.584. The van der Waals surface area contributed by atoms with Gasteiger partial charge >= 0.3 is 0 Å². The number of nitrogens with zero attached hydrogens (tertiary/aromatic N) is 1. The molecule has 1 unspecified atom stereocenters. The van der Waals surface area contributed by atoms with Crippen LogP contribution in [-0.2, 0) is 19.4 Å². The molecule has 0 heterocycles. The van der Waals surface area contributed by atoms with E-state index in [1.807, 2.05) is 30.3 Å². The Balaban J connectivity index is 1.84. The van der Waals surface area contributed by atoms with Gasteiger partial charge in [0.25, 0.3) is 0 Å². The van der Waals surface area contributed by atoms with E-state index in [0.717, 1.165) is 29.7 Å². The van der Waals surface area contributed by atoms with Crippen molar-refractivity contribution < 1.29 is 4.74 Å². The number of benzene rings is 2. The first-order valence-electron chi connectivity index (χ1n) is 7.72. The van der Waals surface area contributed by atoms with Crippen molar-refractivity contribution in [3.63, 3.8) is 0 Å². The maximum atomic E-state index is 9.78. The minimum Gasteiger partial charge on any atom is -0.496 e. The number of ether oxygens (including phenoxy) is 1. The van der Waals surface area contributed by atoms with Crippen molar-refractivity contribution >= 4 is 11.6 Å². The second-order valence-corrected chi connectivity index (χ2v) is 6.32. The fraction of sp³-hybridized carbons (Fsp3) is 0.316. The van der Waals surface area contributed by atoms with Crippen LogP contribution in [0.1, 0.15) is 23.1 Å². The molecule has 0 bridgehead atoms. The Bertz CT molecular complexity index is 739. The smallest absolute Gasteiger partial charge is 0.122 e. The molecule has 0 saturated heterocycles. The number of rotatable bonds is 4. The molecule has 118 valence electrons. The zero-order valence-electron chi connectivity index (χ0n) is 13.1. The molecule has 1 aliphatic rings. The monoisotopic (exact) mass is 326 g/mol. The van der Waals surface area contributed by atoms with Gasteiger partial charge in [-0.05, 0) is 41.7 Å². The lowest BCUT2D eigenvalue weighted by molar-refractivity contribution is 0.352. The molecule has 1 aliphatic carbocycles. The van der Waals surface area contributed by atoms with Gasteiger partial charge in [-0.3, -0.25) is 5.32 Å². The minimum atomic E-state index is -0.584. The third-order valence-electron chi connectivity index (χ3n) is 4.52. The van der Waals surface area contributed by atoms with Crippen molar-refractivity contribution in [3.05, 3.63) is 64.2 Å². The maximum Gasteiger partial charge on any atom is 0.122 e. The molecule has 1 N–H and O–H groups in total. The van der Waals surface area contributed by atoms with E-state index in [9.17, 15) is 5.26 Å². The van der Waals surface area contributed by atoms with Crippen molar-refractivity contribution in [2.24, 2.45) is 0 Å². The van der Waals surface area contributed by atoms with Gasteiger partial charge in [-0.15, -0.1) is 0 Å². The van der Waals surface area contributed by atoms with Crippen LogP contribution in [0.3, 0.4) is 0 Å². The number of nitrogens with one attached hydrogen (secondary N) is 1. The van der Waals surface area contributed by atoms with Gasteiger partial charge in [0.2, 0.25) is 0 Å². The van der Waals surface area contributed by atoms with Crippen LogP contribution in [-0.4, -0.2) is 12.6 Å². The molecule has 0 aromatic heterocycles. The SMILES string of the molecule is COc1ccc(Cl)c2c1CCC(C#N)(NCc1ccccc1)C2. The molecule has 3 nitrogen and oxygen atoms in total. The summed E-state index contributed by atoms with van der Waals surface area (Å²) in [6.45, 7) is 0.672. The Labute approximate surface area is 141 Å². The summed E-state index contributed by atoms with van der Waals surface area (Å²) in [6, 6.07) is 16.4. The normalized spacial score (nSPS) is 19.7. The second kappa shape index (κ2) is 6.62. The summed E-state index contributed by atoms with van der Waals surface area (Å²) in [5.41, 5.74) is 2.75. The summed E-state index contributed by atoms with van der Waals surface area (Å²) in [7, 11) is 1.67. The Kier molecular flexibility index (Phi) is 4.56. The van der Waals surface area contributed by atoms with Crippen molar-refractivity contribution in [1.29, 1.82) is 5.26 Å². The molecule has 4 heteroatoms. The van der Waals surface area contributed by atoms with E-state index in [1.165, 1.54) is 5.56 Å². The highest BCUT2D eigenvalue weighted by Gasteiger charge is 2.36. The maximum absolute atomic E-state index is 9.78. The Morgan fingerprint density at radius 1 is 1.22 bits per heavy atom. The quantitative estimate of drug-likeness (QED) is 0.927. The van der Waals surface area contributed by atoms with Crippen molar-refractivity contribution in [2.75, 3.05) is 7.11 Å². The van der Waals surface area contributed by atoms with Gasteiger partial charge < -0.3 is 4.74 Å². The van der Waals surface area contributed by atoms with Crippen LogP contribution in [0.5, 0.6) is 5.75 Å². The summed E-state index contributed by atoms with van der Waals surface area (Å²) >= 11 is 6.38. The Morgan fingerprint density at radius 3 is 2.70 bits per heavy atom. The first kappa shape index (κ1) is 15.9. The highest BCUT2D eigenvalue weighted by molar-refractivity contribution is 6.31. The number of hydrogen-bond acceptors (Lipinski definition) is 3. The predicted molar refractivity (Wildman–Crippen MR) is 91.7 cm³/mol. The van der Waals surface area contributed by atoms with E-state index in [-0.39, 0.29) is 0 Å². The standard InChI is InChI=1S/C19H19ClN2O/c1-23-18-8-7-17(20)16-11-19(13-21,10-9-15(16)18)22-12-14-5-3-2-4-6-14/h2-8,22H,9-12H2,1H3. The summed E-state index contributed by atoms with van der Waals surface area (Å²) in [4.78, 5) is 0. The highest BCUT2D eigenvalue weighted by atomic mass is 35.5. The number of fused-ring (bicyclic) bond motifs is 1. The molecule has 0 amide bonds. The second-order valence-electron chi connectivity index (χ2n) is 5.92. The lowest BCUT2D eigenvalue weighted by Gasteiger charge is -2.34. The van der Waals surface area contributed by atoms with Crippen molar-refractivity contribution in [1.82, 2.24) is 5.32 Å². The topological polar surface area (TPSA) is 45.0 Å². The molecular formula is C19H19ClN2O. The van der Waals surface area contributed by atoms with Crippen LogP contribution in [0, 0.1) is 11.3 Å². The van der Waals surface area contributed by atoms with Gasteiger partial charge in [0, 0.05) is 18.0 Å². The van der Waals surface area contributed by atoms with Crippen LogP contribution in [0.15, 0.2) is 42.5 Å². The Morgan fingerprint density at radius 2 is 2.00 bits per heavy atom. The van der Waals surface area contributed by atoms with Gasteiger partial charge in [-0.2, -0.15) is 5.26 Å². The molecule has 23 heavy (non-hydrogen) atoms. The summed E-state index contributed by atoms with van der Waals surface area (Å²) in [5.74, 6) is 0.860. The van der Waals surface area contributed by atoms with Crippen LogP contribution in [0.4, 0.5) is 0 Å². The van der Waals surface area contributed by atoms with Crippen molar-refractivity contribution in [2.45, 2.75) is 31.3 Å². The van der Waals surface area contributed by atoms with E-state index in [4.69, 9.17) is 16.3 Å². The molecular weight excluding hydrogens is 308 g/mol. The first-order chi connectivity index (χ1) is 11.2. The lowest BCUT2D eigenvalue weighted by atomic mass is 9.78. The summed E-state index contributed by atoms with van der Waals surface area (Å²) in [5, 5.41) is 13.9. The number of methoxy groups -OCH3 is 1. The summed E-state index contributed by atoms with van der Waals surface area (Å²) < 4.78 is 5.44. The van der Waals surface area contributed by atoms with Crippen LogP contribution in [0.2, 0.25) is 5.02 Å². The van der Waals surface area contributed by atoms with Gasteiger partial charge in [-0.25, -0.2) is 0 Å². The van der Waals surface area contributed by atoms with Gasteiger partial charge in [0.1, 0.15) is 11.3 Å². The average molecular weight is 327 g/mol. The molecule has 2 aromatic carbocycles. The van der Waals surface area contributed by atoms with E-state index < -0.39 is 5.54 Å². The Hall–Kier alpha value is -2.02. The molecule has 3 rings (SSSR count). The molecule has 0 spiro atoms. The predicted octanol–water partition coefficient (Wildman–Crippen LogP) is 3.89.